The second-order valence-corrected chi connectivity index (χ2v) is 8.73. The molecule has 1 aromatic carbocycles. The molecular weight excluding hydrogens is 376 g/mol. The van der Waals surface area contributed by atoms with Gasteiger partial charge in [-0.25, -0.2) is 12.9 Å². The molecule has 0 unspecified atom stereocenters. The highest BCUT2D eigenvalue weighted by molar-refractivity contribution is 7.89. The summed E-state index contributed by atoms with van der Waals surface area (Å²) in [6.07, 6.45) is 1.93. The van der Waals surface area contributed by atoms with Crippen LogP contribution >= 0.6 is 0 Å². The number of nitrogens with zero attached hydrogens (tertiary/aromatic N) is 4. The third kappa shape index (κ3) is 3.89. The van der Waals surface area contributed by atoms with Gasteiger partial charge in [-0.15, -0.1) is 0 Å². The van der Waals surface area contributed by atoms with Crippen LogP contribution in [0.1, 0.15) is 12.6 Å². The van der Waals surface area contributed by atoms with Crippen molar-refractivity contribution in [1.29, 1.82) is 0 Å². The Balaban J connectivity index is 1.38. The van der Waals surface area contributed by atoms with Gasteiger partial charge in [-0.1, -0.05) is 6.07 Å². The quantitative estimate of drug-likeness (QED) is 0.635. The molecule has 0 radical (unpaired) electrons. The number of pyridine rings is 1. The smallest absolute Gasteiger partial charge is 0.243 e. The Morgan fingerprint density at radius 3 is 2.46 bits per heavy atom. The van der Waals surface area contributed by atoms with Gasteiger partial charge in [-0.2, -0.15) is 9.40 Å². The van der Waals surface area contributed by atoms with Crippen LogP contribution in [0.4, 0.5) is 0 Å². The first kappa shape index (κ1) is 18.9. The highest BCUT2D eigenvalue weighted by Crippen LogP contribution is 2.21. The molecule has 148 valence electrons. The third-order valence-electron chi connectivity index (χ3n) is 4.91. The Morgan fingerprint density at radius 2 is 1.79 bits per heavy atom. The van der Waals surface area contributed by atoms with E-state index in [-0.39, 0.29) is 0 Å². The average molecular weight is 401 g/mol. The van der Waals surface area contributed by atoms with E-state index >= 15 is 0 Å². The largest absolute Gasteiger partial charge is 0.494 e. The van der Waals surface area contributed by atoms with Gasteiger partial charge in [0.2, 0.25) is 10.0 Å². The Morgan fingerprint density at radius 1 is 1.04 bits per heavy atom. The second-order valence-electron chi connectivity index (χ2n) is 6.79. The number of piperazine rings is 1. The van der Waals surface area contributed by atoms with Gasteiger partial charge in [0.25, 0.3) is 0 Å². The SMILES string of the molecule is CCOc1ccc(S(=O)(=O)N2CCN(Cc3cc4ccccn4n3)CC2)cc1. The summed E-state index contributed by atoms with van der Waals surface area (Å²) in [5.74, 6) is 0.679. The number of aromatic nitrogens is 2. The first-order valence-electron chi connectivity index (χ1n) is 9.45. The highest BCUT2D eigenvalue weighted by Gasteiger charge is 2.28. The Hall–Kier alpha value is -2.42. The topological polar surface area (TPSA) is 67.2 Å². The molecule has 3 heterocycles. The van der Waals surface area contributed by atoms with Gasteiger partial charge < -0.3 is 4.74 Å². The monoisotopic (exact) mass is 400 g/mol. The van der Waals surface area contributed by atoms with Crippen LogP contribution in [0, 0.1) is 0 Å². The van der Waals surface area contributed by atoms with Crippen molar-refractivity contribution in [2.45, 2.75) is 18.4 Å². The van der Waals surface area contributed by atoms with Gasteiger partial charge in [0.15, 0.2) is 0 Å². The maximum atomic E-state index is 12.9. The molecule has 1 aliphatic heterocycles. The summed E-state index contributed by atoms with van der Waals surface area (Å²) < 4.78 is 34.6. The Bertz CT molecular complexity index is 1010. The summed E-state index contributed by atoms with van der Waals surface area (Å²) in [7, 11) is -3.48. The van der Waals surface area contributed by atoms with Gasteiger partial charge in [-0.05, 0) is 49.4 Å². The molecule has 0 amide bonds. The van der Waals surface area contributed by atoms with Crippen LogP contribution in [0.5, 0.6) is 5.75 Å². The number of ether oxygens (including phenoxy) is 1. The van der Waals surface area contributed by atoms with Gasteiger partial charge in [0, 0.05) is 38.9 Å². The van der Waals surface area contributed by atoms with E-state index in [0.717, 1.165) is 17.8 Å². The number of fused-ring (bicyclic) bond motifs is 1. The minimum absolute atomic E-state index is 0.310. The summed E-state index contributed by atoms with van der Waals surface area (Å²) in [4.78, 5) is 2.55. The Labute approximate surface area is 165 Å². The molecule has 4 rings (SSSR count). The van der Waals surface area contributed by atoms with Crippen molar-refractivity contribution >= 4 is 15.5 Å². The van der Waals surface area contributed by atoms with E-state index in [9.17, 15) is 8.42 Å². The van der Waals surface area contributed by atoms with Crippen LogP contribution in [-0.4, -0.2) is 60.0 Å². The summed E-state index contributed by atoms with van der Waals surface area (Å²) in [5.41, 5.74) is 2.06. The summed E-state index contributed by atoms with van der Waals surface area (Å²) in [6, 6.07) is 14.7. The molecule has 8 heteroatoms. The number of sulfonamides is 1. The van der Waals surface area contributed by atoms with E-state index in [4.69, 9.17) is 4.74 Å². The predicted molar refractivity (Wildman–Crippen MR) is 107 cm³/mol. The van der Waals surface area contributed by atoms with Gasteiger partial charge in [-0.3, -0.25) is 4.90 Å². The van der Waals surface area contributed by atoms with E-state index in [0.29, 0.717) is 43.4 Å². The van der Waals surface area contributed by atoms with Crippen molar-refractivity contribution < 1.29 is 13.2 Å². The lowest BCUT2D eigenvalue weighted by Gasteiger charge is -2.33. The van der Waals surface area contributed by atoms with Gasteiger partial charge in [0.05, 0.1) is 22.7 Å². The fourth-order valence-corrected chi connectivity index (χ4v) is 4.87. The van der Waals surface area contributed by atoms with Crippen LogP contribution in [-0.2, 0) is 16.6 Å². The molecule has 0 N–H and O–H groups in total. The molecule has 0 bridgehead atoms. The number of hydrogen-bond acceptors (Lipinski definition) is 5. The average Bonchev–Trinajstić information content (AvgIpc) is 3.11. The van der Waals surface area contributed by atoms with Crippen molar-refractivity contribution in [2.24, 2.45) is 0 Å². The Kier molecular flexibility index (Phi) is 5.34. The van der Waals surface area contributed by atoms with Crippen LogP contribution < -0.4 is 4.74 Å². The number of hydrogen-bond donors (Lipinski definition) is 0. The molecule has 0 spiro atoms. The molecule has 28 heavy (non-hydrogen) atoms. The van der Waals surface area contributed by atoms with Gasteiger partial charge in [0.1, 0.15) is 5.75 Å². The minimum Gasteiger partial charge on any atom is -0.494 e. The first-order chi connectivity index (χ1) is 13.6. The summed E-state index contributed by atoms with van der Waals surface area (Å²) >= 11 is 0. The molecule has 1 saturated heterocycles. The number of benzene rings is 1. The van der Waals surface area contributed by atoms with Crippen molar-refractivity contribution in [3.8, 4) is 5.75 Å². The van der Waals surface area contributed by atoms with Crippen LogP contribution in [0.3, 0.4) is 0 Å². The van der Waals surface area contributed by atoms with Gasteiger partial charge >= 0.3 is 0 Å². The lowest BCUT2D eigenvalue weighted by molar-refractivity contribution is 0.180. The first-order valence-corrected chi connectivity index (χ1v) is 10.9. The zero-order valence-electron chi connectivity index (χ0n) is 15.9. The fraction of sp³-hybridized carbons (Fsp3) is 0.350. The molecule has 3 aromatic rings. The maximum Gasteiger partial charge on any atom is 0.243 e. The van der Waals surface area contributed by atoms with Crippen molar-refractivity contribution in [1.82, 2.24) is 18.8 Å². The fourth-order valence-electron chi connectivity index (χ4n) is 3.45. The molecule has 0 atom stereocenters. The number of rotatable bonds is 6. The zero-order valence-corrected chi connectivity index (χ0v) is 16.7. The van der Waals surface area contributed by atoms with Crippen LogP contribution in [0.15, 0.2) is 59.6 Å². The molecule has 1 aliphatic rings. The molecule has 0 aliphatic carbocycles. The maximum absolute atomic E-state index is 12.9. The van der Waals surface area contributed by atoms with E-state index in [1.165, 1.54) is 0 Å². The highest BCUT2D eigenvalue weighted by atomic mass is 32.2. The van der Waals surface area contributed by atoms with Crippen LogP contribution in [0.25, 0.3) is 5.52 Å². The molecule has 2 aromatic heterocycles. The lowest BCUT2D eigenvalue weighted by atomic mass is 10.3. The second kappa shape index (κ2) is 7.90. The zero-order chi connectivity index (χ0) is 19.6. The van der Waals surface area contributed by atoms with Crippen molar-refractivity contribution in [2.75, 3.05) is 32.8 Å². The summed E-state index contributed by atoms with van der Waals surface area (Å²) in [5, 5.41) is 4.58. The standard InChI is InChI=1S/C20H24N4O3S/c1-2-27-19-6-8-20(9-7-19)28(25,26)23-13-11-22(12-14-23)16-17-15-18-5-3-4-10-24(18)21-17/h3-10,15H,2,11-14,16H2,1H3. The molecular formula is C20H24N4O3S. The lowest BCUT2D eigenvalue weighted by Crippen LogP contribution is -2.48. The van der Waals surface area contributed by atoms with E-state index < -0.39 is 10.0 Å². The molecule has 7 nitrogen and oxygen atoms in total. The van der Waals surface area contributed by atoms with E-state index in [1.807, 2.05) is 35.8 Å². The predicted octanol–water partition coefficient (Wildman–Crippen LogP) is 2.24. The van der Waals surface area contributed by atoms with Crippen LogP contribution in [0.2, 0.25) is 0 Å². The molecule has 1 fully saturated rings. The normalized spacial score (nSPS) is 16.5. The molecule has 0 saturated carbocycles. The van der Waals surface area contributed by atoms with E-state index in [1.54, 1.807) is 28.6 Å². The van der Waals surface area contributed by atoms with E-state index in [2.05, 4.69) is 16.1 Å². The minimum atomic E-state index is -3.48. The third-order valence-corrected chi connectivity index (χ3v) is 6.82. The van der Waals surface area contributed by atoms with Crippen molar-refractivity contribution in [3.05, 3.63) is 60.4 Å². The van der Waals surface area contributed by atoms with Crippen molar-refractivity contribution in [3.63, 3.8) is 0 Å². The summed E-state index contributed by atoms with van der Waals surface area (Å²) in [6.45, 7) is 5.50.